The van der Waals surface area contributed by atoms with Crippen molar-refractivity contribution in [2.75, 3.05) is 26.4 Å². The molecule has 2 radical (unpaired) electrons. The number of thiol groups is 2. The topological polar surface area (TPSA) is 105 Å². The van der Waals surface area contributed by atoms with Crippen LogP contribution in [0.15, 0.2) is 58.3 Å². The van der Waals surface area contributed by atoms with Gasteiger partial charge in [0.2, 0.25) is 0 Å². The summed E-state index contributed by atoms with van der Waals surface area (Å²) >= 11 is 9.11. The maximum absolute atomic E-state index is 11.6. The molecule has 226 valence electrons. The van der Waals surface area contributed by atoms with E-state index >= 15 is 0 Å². The Hall–Kier alpha value is -2.18. The van der Waals surface area contributed by atoms with E-state index < -0.39 is 17.9 Å². The minimum atomic E-state index is -0.703. The van der Waals surface area contributed by atoms with Crippen LogP contribution in [0.25, 0.3) is 0 Å². The molecule has 0 amide bonds. The zero-order valence-electron chi connectivity index (χ0n) is 24.3. The van der Waals surface area contributed by atoms with Crippen LogP contribution in [0, 0.1) is 5.92 Å². The monoisotopic (exact) mass is 714 g/mol. The van der Waals surface area contributed by atoms with Gasteiger partial charge in [-0.2, -0.15) is 0 Å². The van der Waals surface area contributed by atoms with Crippen LogP contribution in [0.2, 0.25) is 4.44 Å². The molecule has 0 unspecified atom stereocenters. The van der Waals surface area contributed by atoms with Crippen molar-refractivity contribution in [3.63, 3.8) is 0 Å². The second kappa shape index (κ2) is 24.4. The van der Waals surface area contributed by atoms with E-state index in [0.29, 0.717) is 51.8 Å². The first-order valence-electron chi connectivity index (χ1n) is 13.6. The number of carbonyl (C=O) groups excluding carboxylic acids is 4. The summed E-state index contributed by atoms with van der Waals surface area (Å²) in [6.07, 6.45) is 3.62. The number of hydrogen-bond donors (Lipinski definition) is 2. The number of ether oxygens (including phenoxy) is 4. The Morgan fingerprint density at radius 1 is 0.659 bits per heavy atom. The van der Waals surface area contributed by atoms with Gasteiger partial charge in [-0.1, -0.05) is 24.3 Å². The van der Waals surface area contributed by atoms with Crippen LogP contribution in [-0.4, -0.2) is 72.8 Å². The summed E-state index contributed by atoms with van der Waals surface area (Å²) in [5, 5.41) is 0. The van der Waals surface area contributed by atoms with Crippen LogP contribution in [0.1, 0.15) is 74.1 Å². The van der Waals surface area contributed by atoms with Crippen LogP contribution in [0.3, 0.4) is 0 Å². The van der Waals surface area contributed by atoms with Crippen LogP contribution in [0.4, 0.5) is 0 Å². The molecule has 2 rings (SSSR count). The summed E-state index contributed by atoms with van der Waals surface area (Å²) in [7, 11) is 0. The first-order chi connectivity index (χ1) is 19.7. The molecule has 0 saturated heterocycles. The first kappa shape index (κ1) is 38.8. The van der Waals surface area contributed by atoms with E-state index in [4.69, 9.17) is 18.9 Å². The van der Waals surface area contributed by atoms with E-state index in [2.05, 4.69) is 25.3 Å². The molecule has 41 heavy (non-hydrogen) atoms. The van der Waals surface area contributed by atoms with E-state index in [-0.39, 0.29) is 11.9 Å². The molecule has 11 heteroatoms. The molecule has 0 aromatic heterocycles. The van der Waals surface area contributed by atoms with Gasteiger partial charge in [-0.05, 0) is 38.1 Å². The molecule has 0 bridgehead atoms. The van der Waals surface area contributed by atoms with Gasteiger partial charge in [-0.25, -0.2) is 9.59 Å². The fourth-order valence-electron chi connectivity index (χ4n) is 2.83. The zero-order valence-corrected chi connectivity index (χ0v) is 29.4. The molecule has 0 aliphatic rings. The molecule has 0 N–H and O–H groups in total. The van der Waals surface area contributed by atoms with Crippen molar-refractivity contribution in [1.29, 1.82) is 0 Å². The standard InChI is InChI=1S/C12H21O4.2C9H10O2S.Sn.H/c1-4-6-8-15-11(13)10(3)12(14)16-9-7-5-2;2*1-2-11-9(10)7-5-3-4-6-8(7)12;;/h10H,3-9H2,1-2H3;2*3-6,12H,2H2,1H3;;. The average Bonchev–Trinajstić information content (AvgIpc) is 2.95. The third-order valence-electron chi connectivity index (χ3n) is 5.09. The smallest absolute Gasteiger partial charge is 0.339 e. The van der Waals surface area contributed by atoms with Crippen molar-refractivity contribution < 1.29 is 38.1 Å². The van der Waals surface area contributed by atoms with E-state index in [1.54, 1.807) is 50.2 Å². The van der Waals surface area contributed by atoms with E-state index in [0.717, 1.165) is 48.2 Å². The molecule has 0 spiro atoms. The third kappa shape index (κ3) is 16.8. The zero-order chi connectivity index (χ0) is 31.0. The number of hydrogen-bond acceptors (Lipinski definition) is 10. The van der Waals surface area contributed by atoms with Gasteiger partial charge in [0, 0.05) is 9.79 Å². The van der Waals surface area contributed by atoms with E-state index in [1.165, 1.54) is 0 Å². The maximum Gasteiger partial charge on any atom is 0.339 e. The van der Waals surface area contributed by atoms with Crippen LogP contribution < -0.4 is 0 Å². The average molecular weight is 714 g/mol. The molecular formula is C30H42O8S2Sn. The number of rotatable bonds is 13. The van der Waals surface area contributed by atoms with Gasteiger partial charge >= 0.3 is 129 Å². The van der Waals surface area contributed by atoms with Gasteiger partial charge in [0.15, 0.2) is 0 Å². The summed E-state index contributed by atoms with van der Waals surface area (Å²) in [5.41, 5.74) is 1.03. The van der Waals surface area contributed by atoms with Gasteiger partial charge in [-0.15, -0.1) is 25.3 Å². The summed E-state index contributed by atoms with van der Waals surface area (Å²) < 4.78 is 20.3. The van der Waals surface area contributed by atoms with Crippen molar-refractivity contribution in [3.05, 3.63) is 59.7 Å². The molecule has 0 atom stereocenters. The first-order valence-corrected chi connectivity index (χ1v) is 16.8. The number of carbonyl (C=O) groups is 4. The van der Waals surface area contributed by atoms with E-state index in [1.807, 2.05) is 26.0 Å². The largest absolute Gasteiger partial charge is 0.462 e. The SMILES string of the molecule is CCCCOC(=O)C([CH2][SnH])C(=O)OCCCC.CCOC(=O)c1ccccc1S.CCOC(=O)c1ccccc1S. The second-order valence-electron chi connectivity index (χ2n) is 8.31. The fourth-order valence-corrected chi connectivity index (χ4v) is 4.44. The Bertz CT molecular complexity index is 983. The molecule has 0 heterocycles. The van der Waals surface area contributed by atoms with Crippen LogP contribution in [-0.2, 0) is 28.5 Å². The second-order valence-corrected chi connectivity index (χ2v) is 10.6. The van der Waals surface area contributed by atoms with Crippen molar-refractivity contribution in [2.45, 2.75) is 67.6 Å². The summed E-state index contributed by atoms with van der Waals surface area (Å²) in [6, 6.07) is 14.1. The van der Waals surface area contributed by atoms with Crippen LogP contribution in [0.5, 0.6) is 0 Å². The number of benzene rings is 2. The Labute approximate surface area is 268 Å². The molecule has 0 aliphatic carbocycles. The van der Waals surface area contributed by atoms with Gasteiger partial charge in [0.1, 0.15) is 0 Å². The Kier molecular flexibility index (Phi) is 23.1. The molecular weight excluding hydrogens is 671 g/mol. The predicted octanol–water partition coefficient (Wildman–Crippen LogP) is 5.91. The molecule has 0 fully saturated rings. The van der Waals surface area contributed by atoms with Gasteiger partial charge in [0.25, 0.3) is 0 Å². The van der Waals surface area contributed by atoms with E-state index in [9.17, 15) is 19.2 Å². The Morgan fingerprint density at radius 3 is 1.32 bits per heavy atom. The predicted molar refractivity (Wildman–Crippen MR) is 166 cm³/mol. The Balaban J connectivity index is 0.000000598. The molecule has 0 aliphatic heterocycles. The van der Waals surface area contributed by atoms with Gasteiger partial charge in [0.05, 0.1) is 24.3 Å². The quantitative estimate of drug-likeness (QED) is 0.0660. The van der Waals surface area contributed by atoms with Crippen molar-refractivity contribution >= 4 is 71.7 Å². The molecule has 2 aromatic carbocycles. The molecule has 8 nitrogen and oxygen atoms in total. The fraction of sp³-hybridized carbons (Fsp3) is 0.467. The summed E-state index contributed by atoms with van der Waals surface area (Å²) in [4.78, 5) is 46.9. The minimum Gasteiger partial charge on any atom is -0.462 e. The van der Waals surface area contributed by atoms with Gasteiger partial charge < -0.3 is 9.47 Å². The van der Waals surface area contributed by atoms with Crippen molar-refractivity contribution in [3.8, 4) is 0 Å². The normalized spacial score (nSPS) is 9.85. The van der Waals surface area contributed by atoms with Gasteiger partial charge in [-0.3, -0.25) is 0 Å². The number of unbranched alkanes of at least 4 members (excludes halogenated alkanes) is 2. The Morgan fingerprint density at radius 2 is 1.02 bits per heavy atom. The summed E-state index contributed by atoms with van der Waals surface area (Å²) in [6.45, 7) is 9.18. The molecule has 0 saturated carbocycles. The third-order valence-corrected chi connectivity index (χ3v) is 7.21. The van der Waals surface area contributed by atoms with Crippen molar-refractivity contribution in [1.82, 2.24) is 0 Å². The van der Waals surface area contributed by atoms with Crippen LogP contribution >= 0.6 is 25.3 Å². The number of esters is 4. The summed E-state index contributed by atoms with van der Waals surface area (Å²) in [5.74, 6) is -2.18. The minimum absolute atomic E-state index is 0.317. The maximum atomic E-state index is 11.6. The molecule has 2 aromatic rings. The van der Waals surface area contributed by atoms with Crippen molar-refractivity contribution in [2.24, 2.45) is 5.92 Å².